The highest BCUT2D eigenvalue weighted by Gasteiger charge is 2.20. The fourth-order valence-corrected chi connectivity index (χ4v) is 2.65. The molecular weight excluding hydrogens is 160 g/mol. The Morgan fingerprint density at radius 3 is 2.38 bits per heavy atom. The van der Waals surface area contributed by atoms with Gasteiger partial charge in [0, 0.05) is 0 Å². The van der Waals surface area contributed by atoms with Crippen LogP contribution in [0.2, 0.25) is 0 Å². The minimum absolute atomic E-state index is 0.0954. The summed E-state index contributed by atoms with van der Waals surface area (Å²) in [5.41, 5.74) is 1.34. The highest BCUT2D eigenvalue weighted by Crippen LogP contribution is 2.31. The summed E-state index contributed by atoms with van der Waals surface area (Å²) in [4.78, 5) is 0. The second-order valence-corrected chi connectivity index (χ2v) is 4.55. The molecule has 0 amide bonds. The van der Waals surface area contributed by atoms with Crippen LogP contribution in [-0.4, -0.2) is 11.2 Å². The molecule has 0 radical (unpaired) electrons. The monoisotopic (exact) mass is 180 g/mol. The molecule has 2 aliphatic rings. The molecule has 2 rings (SSSR count). The van der Waals surface area contributed by atoms with E-state index in [1.54, 1.807) is 0 Å². The largest absolute Gasteiger partial charge is 0.389 e. The van der Waals surface area contributed by atoms with Gasteiger partial charge in [-0.25, -0.2) is 0 Å². The van der Waals surface area contributed by atoms with Gasteiger partial charge in [0.15, 0.2) is 0 Å². The minimum Gasteiger partial charge on any atom is -0.389 e. The molecule has 0 spiro atoms. The molecule has 1 nitrogen and oxygen atoms in total. The Morgan fingerprint density at radius 2 is 1.77 bits per heavy atom. The van der Waals surface area contributed by atoms with Crippen molar-refractivity contribution in [2.75, 3.05) is 0 Å². The van der Waals surface area contributed by atoms with Gasteiger partial charge in [-0.3, -0.25) is 0 Å². The standard InChI is InChI=1S/C12H20O/c13-12-8-4-7-11(12)9-10-5-2-1-3-6-10/h9-10,12-13H,1-8H2/t12-/m1/s1. The fraction of sp³-hybridized carbons (Fsp3) is 0.833. The van der Waals surface area contributed by atoms with Gasteiger partial charge in [0.25, 0.3) is 0 Å². The molecule has 2 fully saturated rings. The SMILES string of the molecule is O[C@@H]1CCCC1=CC1CCCCC1. The second-order valence-electron chi connectivity index (χ2n) is 4.55. The van der Waals surface area contributed by atoms with Crippen LogP contribution in [0.3, 0.4) is 0 Å². The first-order valence-corrected chi connectivity index (χ1v) is 5.75. The quantitative estimate of drug-likeness (QED) is 0.615. The van der Waals surface area contributed by atoms with Crippen LogP contribution in [0.25, 0.3) is 0 Å². The Balaban J connectivity index is 1.93. The van der Waals surface area contributed by atoms with E-state index in [0.29, 0.717) is 0 Å². The topological polar surface area (TPSA) is 20.2 Å². The molecular formula is C12H20O. The molecule has 0 heterocycles. The lowest BCUT2D eigenvalue weighted by atomic mass is 9.87. The van der Waals surface area contributed by atoms with Crippen molar-refractivity contribution in [2.45, 2.75) is 57.5 Å². The highest BCUT2D eigenvalue weighted by atomic mass is 16.3. The number of hydrogen-bond donors (Lipinski definition) is 1. The summed E-state index contributed by atoms with van der Waals surface area (Å²) >= 11 is 0. The maximum Gasteiger partial charge on any atom is 0.0750 e. The van der Waals surface area contributed by atoms with Crippen molar-refractivity contribution >= 4 is 0 Å². The van der Waals surface area contributed by atoms with Crippen molar-refractivity contribution in [1.29, 1.82) is 0 Å². The average Bonchev–Trinajstić information content (AvgIpc) is 2.54. The first-order valence-electron chi connectivity index (χ1n) is 5.75. The molecule has 1 heteroatoms. The van der Waals surface area contributed by atoms with E-state index in [4.69, 9.17) is 0 Å². The van der Waals surface area contributed by atoms with E-state index in [0.717, 1.165) is 18.8 Å². The van der Waals surface area contributed by atoms with Crippen LogP contribution in [-0.2, 0) is 0 Å². The Labute approximate surface area is 80.8 Å². The van der Waals surface area contributed by atoms with E-state index in [1.165, 1.54) is 44.1 Å². The number of allylic oxidation sites excluding steroid dienone is 1. The summed E-state index contributed by atoms with van der Waals surface area (Å²) in [6.45, 7) is 0. The molecule has 1 N–H and O–H groups in total. The fourth-order valence-electron chi connectivity index (χ4n) is 2.65. The maximum absolute atomic E-state index is 9.65. The van der Waals surface area contributed by atoms with E-state index >= 15 is 0 Å². The molecule has 0 aliphatic heterocycles. The third kappa shape index (κ3) is 2.34. The van der Waals surface area contributed by atoms with Crippen molar-refractivity contribution < 1.29 is 5.11 Å². The molecule has 2 aliphatic carbocycles. The Morgan fingerprint density at radius 1 is 1.00 bits per heavy atom. The summed E-state index contributed by atoms with van der Waals surface area (Å²) < 4.78 is 0. The third-order valence-corrected chi connectivity index (χ3v) is 3.47. The summed E-state index contributed by atoms with van der Waals surface area (Å²) in [5.74, 6) is 0.788. The van der Waals surface area contributed by atoms with Crippen LogP contribution in [0.4, 0.5) is 0 Å². The normalized spacial score (nSPS) is 34.2. The first kappa shape index (κ1) is 9.26. The third-order valence-electron chi connectivity index (χ3n) is 3.47. The van der Waals surface area contributed by atoms with E-state index in [2.05, 4.69) is 6.08 Å². The van der Waals surface area contributed by atoms with E-state index in [-0.39, 0.29) is 6.10 Å². The number of rotatable bonds is 1. The molecule has 0 bridgehead atoms. The Bertz CT molecular complexity index is 189. The zero-order chi connectivity index (χ0) is 9.10. The molecule has 0 aromatic carbocycles. The number of aliphatic hydroxyl groups excluding tert-OH is 1. The van der Waals surface area contributed by atoms with Crippen LogP contribution in [0, 0.1) is 5.92 Å². The van der Waals surface area contributed by atoms with Crippen LogP contribution >= 0.6 is 0 Å². The maximum atomic E-state index is 9.65. The van der Waals surface area contributed by atoms with Crippen LogP contribution < -0.4 is 0 Å². The van der Waals surface area contributed by atoms with Gasteiger partial charge in [0.05, 0.1) is 6.10 Å². The van der Waals surface area contributed by atoms with Gasteiger partial charge in [-0.2, -0.15) is 0 Å². The molecule has 74 valence electrons. The van der Waals surface area contributed by atoms with E-state index in [1.807, 2.05) is 0 Å². The zero-order valence-electron chi connectivity index (χ0n) is 8.34. The van der Waals surface area contributed by atoms with Crippen molar-refractivity contribution in [2.24, 2.45) is 5.92 Å². The lowest BCUT2D eigenvalue weighted by molar-refractivity contribution is 0.216. The predicted octanol–water partition coefficient (Wildman–Crippen LogP) is 3.04. The average molecular weight is 180 g/mol. The van der Waals surface area contributed by atoms with Gasteiger partial charge < -0.3 is 5.11 Å². The van der Waals surface area contributed by atoms with Crippen molar-refractivity contribution in [3.05, 3.63) is 11.6 Å². The van der Waals surface area contributed by atoms with Crippen molar-refractivity contribution in [3.63, 3.8) is 0 Å². The van der Waals surface area contributed by atoms with Gasteiger partial charge >= 0.3 is 0 Å². The van der Waals surface area contributed by atoms with E-state index < -0.39 is 0 Å². The smallest absolute Gasteiger partial charge is 0.0750 e. The second kappa shape index (κ2) is 4.28. The Kier molecular flexibility index (Phi) is 3.05. The van der Waals surface area contributed by atoms with Gasteiger partial charge in [0.2, 0.25) is 0 Å². The zero-order valence-corrected chi connectivity index (χ0v) is 8.34. The molecule has 0 aromatic heterocycles. The number of hydrogen-bond acceptors (Lipinski definition) is 1. The van der Waals surface area contributed by atoms with Gasteiger partial charge in [-0.05, 0) is 43.6 Å². The van der Waals surface area contributed by atoms with Crippen LogP contribution in [0.1, 0.15) is 51.4 Å². The van der Waals surface area contributed by atoms with E-state index in [9.17, 15) is 5.11 Å². The van der Waals surface area contributed by atoms with Crippen LogP contribution in [0.5, 0.6) is 0 Å². The summed E-state index contributed by atoms with van der Waals surface area (Å²) in [6, 6.07) is 0. The van der Waals surface area contributed by atoms with Gasteiger partial charge in [-0.15, -0.1) is 0 Å². The summed E-state index contributed by atoms with van der Waals surface area (Å²) in [6.07, 6.45) is 12.6. The molecule has 13 heavy (non-hydrogen) atoms. The lowest BCUT2D eigenvalue weighted by Gasteiger charge is -2.19. The van der Waals surface area contributed by atoms with Gasteiger partial charge in [-0.1, -0.05) is 25.3 Å². The molecule has 0 aromatic rings. The molecule has 1 atom stereocenters. The molecule has 2 saturated carbocycles. The summed E-state index contributed by atoms with van der Waals surface area (Å²) in [5, 5.41) is 9.65. The summed E-state index contributed by atoms with van der Waals surface area (Å²) in [7, 11) is 0. The lowest BCUT2D eigenvalue weighted by Crippen LogP contribution is -2.07. The Hall–Kier alpha value is -0.300. The van der Waals surface area contributed by atoms with Crippen molar-refractivity contribution in [3.8, 4) is 0 Å². The molecule has 0 saturated heterocycles. The molecule has 0 unspecified atom stereocenters. The minimum atomic E-state index is -0.0954. The predicted molar refractivity (Wildman–Crippen MR) is 54.5 cm³/mol. The number of aliphatic hydroxyl groups is 1. The van der Waals surface area contributed by atoms with Gasteiger partial charge in [0.1, 0.15) is 0 Å². The highest BCUT2D eigenvalue weighted by molar-refractivity contribution is 5.14. The van der Waals surface area contributed by atoms with Crippen molar-refractivity contribution in [1.82, 2.24) is 0 Å². The first-order chi connectivity index (χ1) is 6.36. The van der Waals surface area contributed by atoms with Crippen LogP contribution in [0.15, 0.2) is 11.6 Å².